The Morgan fingerprint density at radius 2 is 1.84 bits per heavy atom. The van der Waals surface area contributed by atoms with E-state index in [4.69, 9.17) is 5.73 Å². The first-order valence-electron chi connectivity index (χ1n) is 8.26. The van der Waals surface area contributed by atoms with Gasteiger partial charge in [0.05, 0.1) is 12.0 Å². The van der Waals surface area contributed by atoms with Crippen molar-refractivity contribution in [2.45, 2.75) is 52.8 Å². The van der Waals surface area contributed by atoms with Crippen LogP contribution >= 0.6 is 12.4 Å². The van der Waals surface area contributed by atoms with Gasteiger partial charge in [0.1, 0.15) is 6.54 Å². The molecule has 0 aliphatic carbocycles. The summed E-state index contributed by atoms with van der Waals surface area (Å²) in [5.41, 5.74) is 5.56. The number of likely N-dealkylation sites (tertiary alicyclic amines) is 1. The third kappa shape index (κ3) is 7.01. The minimum Gasteiger partial charge on any atom is -0.341 e. The molecule has 0 aromatic carbocycles. The zero-order valence-electron chi connectivity index (χ0n) is 15.2. The zero-order chi connectivity index (χ0) is 18.7. The van der Waals surface area contributed by atoms with Gasteiger partial charge in [-0.05, 0) is 25.2 Å². The van der Waals surface area contributed by atoms with Crippen LogP contribution in [0, 0.1) is 11.3 Å². The highest BCUT2D eigenvalue weighted by Crippen LogP contribution is 2.25. The second-order valence-corrected chi connectivity index (χ2v) is 7.43. The zero-order valence-corrected chi connectivity index (χ0v) is 16.0. The van der Waals surface area contributed by atoms with Crippen molar-refractivity contribution in [1.29, 1.82) is 0 Å². The molecule has 1 saturated heterocycles. The van der Waals surface area contributed by atoms with Crippen molar-refractivity contribution in [2.24, 2.45) is 17.1 Å². The molecule has 2 atom stereocenters. The number of halogens is 4. The van der Waals surface area contributed by atoms with Gasteiger partial charge in [-0.1, -0.05) is 20.8 Å². The quantitative estimate of drug-likeness (QED) is 0.805. The summed E-state index contributed by atoms with van der Waals surface area (Å²) >= 11 is 0. The molecular formula is C16H29ClF3N3O2. The molecule has 0 bridgehead atoms. The van der Waals surface area contributed by atoms with Crippen molar-refractivity contribution >= 4 is 24.2 Å². The van der Waals surface area contributed by atoms with Crippen LogP contribution in [0.2, 0.25) is 0 Å². The summed E-state index contributed by atoms with van der Waals surface area (Å²) in [6.45, 7) is 6.43. The Bertz CT molecular complexity index is 467. The van der Waals surface area contributed by atoms with Crippen LogP contribution in [0.25, 0.3) is 0 Å². The molecule has 0 saturated carbocycles. The molecule has 2 N–H and O–H groups in total. The second-order valence-electron chi connectivity index (χ2n) is 7.43. The monoisotopic (exact) mass is 387 g/mol. The molecule has 0 radical (unpaired) electrons. The first-order valence-corrected chi connectivity index (χ1v) is 8.26. The molecule has 1 heterocycles. The molecular weight excluding hydrogens is 359 g/mol. The van der Waals surface area contributed by atoms with Crippen LogP contribution < -0.4 is 5.73 Å². The van der Waals surface area contributed by atoms with Crippen molar-refractivity contribution in [3.8, 4) is 0 Å². The van der Waals surface area contributed by atoms with Crippen LogP contribution in [-0.2, 0) is 9.59 Å². The van der Waals surface area contributed by atoms with E-state index in [0.717, 1.165) is 4.90 Å². The molecule has 148 valence electrons. The van der Waals surface area contributed by atoms with Gasteiger partial charge in [-0.3, -0.25) is 9.59 Å². The van der Waals surface area contributed by atoms with Gasteiger partial charge in [0.25, 0.3) is 0 Å². The third-order valence-electron chi connectivity index (χ3n) is 4.34. The molecule has 25 heavy (non-hydrogen) atoms. The van der Waals surface area contributed by atoms with E-state index in [0.29, 0.717) is 19.4 Å². The first-order chi connectivity index (χ1) is 10.9. The molecule has 0 aromatic heterocycles. The Balaban J connectivity index is 0.00000576. The van der Waals surface area contributed by atoms with Gasteiger partial charge in [0.2, 0.25) is 11.8 Å². The van der Waals surface area contributed by atoms with Crippen molar-refractivity contribution < 1.29 is 22.8 Å². The van der Waals surface area contributed by atoms with E-state index in [-0.39, 0.29) is 31.4 Å². The number of piperidine rings is 1. The van der Waals surface area contributed by atoms with Gasteiger partial charge in [-0.25, -0.2) is 0 Å². The lowest BCUT2D eigenvalue weighted by Gasteiger charge is -2.38. The first kappa shape index (κ1) is 24.0. The lowest BCUT2D eigenvalue weighted by Crippen LogP contribution is -2.55. The fraction of sp³-hybridized carbons (Fsp3) is 0.875. The average Bonchev–Trinajstić information content (AvgIpc) is 2.48. The van der Waals surface area contributed by atoms with E-state index in [2.05, 4.69) is 0 Å². The summed E-state index contributed by atoms with van der Waals surface area (Å²) in [7, 11) is 0. The van der Waals surface area contributed by atoms with Crippen LogP contribution in [0.15, 0.2) is 0 Å². The minimum absolute atomic E-state index is 0. The molecule has 1 rings (SSSR count). The second kappa shape index (κ2) is 9.07. The maximum absolute atomic E-state index is 12.6. The van der Waals surface area contributed by atoms with E-state index in [1.165, 1.54) is 11.8 Å². The Hall–Kier alpha value is -1.02. The number of hydrogen-bond acceptors (Lipinski definition) is 3. The van der Waals surface area contributed by atoms with Crippen LogP contribution in [0.1, 0.15) is 40.5 Å². The van der Waals surface area contributed by atoms with Gasteiger partial charge in [-0.15, -0.1) is 12.4 Å². The molecule has 5 nitrogen and oxygen atoms in total. The Morgan fingerprint density at radius 1 is 1.28 bits per heavy atom. The SMILES string of the molecule is CCN(CC(F)(F)F)C(=O)C1CCCN(C(=O)[C@@H](N)C(C)(C)C)C1.Cl. The number of carbonyl (C=O) groups is 2. The number of alkyl halides is 3. The summed E-state index contributed by atoms with van der Waals surface area (Å²) in [4.78, 5) is 27.2. The molecule has 0 spiro atoms. The molecule has 9 heteroatoms. The van der Waals surface area contributed by atoms with Crippen molar-refractivity contribution in [2.75, 3.05) is 26.2 Å². The highest BCUT2D eigenvalue weighted by atomic mass is 35.5. The fourth-order valence-electron chi connectivity index (χ4n) is 2.77. The van der Waals surface area contributed by atoms with Crippen molar-refractivity contribution in [3.05, 3.63) is 0 Å². The Kier molecular flexibility index (Phi) is 8.70. The molecule has 1 aliphatic rings. The number of nitrogens with zero attached hydrogens (tertiary/aromatic N) is 2. The summed E-state index contributed by atoms with van der Waals surface area (Å²) in [5.74, 6) is -1.40. The van der Waals surface area contributed by atoms with Crippen LogP contribution in [0.5, 0.6) is 0 Å². The van der Waals surface area contributed by atoms with Gasteiger partial charge in [0.15, 0.2) is 0 Å². The van der Waals surface area contributed by atoms with Gasteiger partial charge in [-0.2, -0.15) is 13.2 Å². The van der Waals surface area contributed by atoms with E-state index >= 15 is 0 Å². The molecule has 0 aromatic rings. The normalized spacial score (nSPS) is 19.8. The highest BCUT2D eigenvalue weighted by molar-refractivity contribution is 5.85. The summed E-state index contributed by atoms with van der Waals surface area (Å²) in [6.07, 6.45) is -3.35. The minimum atomic E-state index is -4.43. The summed E-state index contributed by atoms with van der Waals surface area (Å²) < 4.78 is 37.8. The van der Waals surface area contributed by atoms with Crippen LogP contribution in [0.4, 0.5) is 13.2 Å². The third-order valence-corrected chi connectivity index (χ3v) is 4.34. The molecule has 1 aliphatic heterocycles. The topological polar surface area (TPSA) is 66.6 Å². The number of amides is 2. The predicted molar refractivity (Wildman–Crippen MR) is 92.3 cm³/mol. The van der Waals surface area contributed by atoms with Crippen LogP contribution in [0.3, 0.4) is 0 Å². The maximum atomic E-state index is 12.6. The van der Waals surface area contributed by atoms with Gasteiger partial charge < -0.3 is 15.5 Å². The Labute approximate surface area is 153 Å². The van der Waals surface area contributed by atoms with E-state index in [9.17, 15) is 22.8 Å². The van der Waals surface area contributed by atoms with Gasteiger partial charge >= 0.3 is 6.18 Å². The number of rotatable bonds is 4. The lowest BCUT2D eigenvalue weighted by molar-refractivity contribution is -0.165. The summed E-state index contributed by atoms with van der Waals surface area (Å²) in [6, 6.07) is -0.705. The molecule has 1 fully saturated rings. The number of hydrogen-bond donors (Lipinski definition) is 1. The molecule has 2 amide bonds. The highest BCUT2D eigenvalue weighted by Gasteiger charge is 2.38. The largest absolute Gasteiger partial charge is 0.406 e. The van der Waals surface area contributed by atoms with Crippen LogP contribution in [-0.4, -0.2) is 60.0 Å². The summed E-state index contributed by atoms with van der Waals surface area (Å²) in [5, 5.41) is 0. The van der Waals surface area contributed by atoms with Gasteiger partial charge in [0, 0.05) is 19.6 Å². The smallest absolute Gasteiger partial charge is 0.341 e. The van der Waals surface area contributed by atoms with E-state index in [1.54, 1.807) is 0 Å². The maximum Gasteiger partial charge on any atom is 0.406 e. The molecule has 1 unspecified atom stereocenters. The predicted octanol–water partition coefficient (Wildman–Crippen LogP) is 2.43. The number of nitrogens with two attached hydrogens (primary N) is 1. The van der Waals surface area contributed by atoms with E-state index < -0.39 is 36.0 Å². The standard InChI is InChI=1S/C16H28F3N3O2.ClH/c1-5-21(10-16(17,18)19)13(23)11-7-6-8-22(9-11)14(24)12(20)15(2,3)4;/h11-12H,5-10,20H2,1-4H3;1H/t11?,12-;/m1./s1. The van der Waals surface area contributed by atoms with Crippen molar-refractivity contribution in [3.63, 3.8) is 0 Å². The fourth-order valence-corrected chi connectivity index (χ4v) is 2.77. The Morgan fingerprint density at radius 3 is 2.28 bits per heavy atom. The lowest BCUT2D eigenvalue weighted by atomic mass is 9.85. The van der Waals surface area contributed by atoms with E-state index in [1.807, 2.05) is 20.8 Å². The average molecular weight is 388 g/mol. The van der Waals surface area contributed by atoms with Crippen molar-refractivity contribution in [1.82, 2.24) is 9.80 Å². The number of carbonyl (C=O) groups excluding carboxylic acids is 2.